The van der Waals surface area contributed by atoms with Crippen LogP contribution in [0.3, 0.4) is 0 Å². The second-order valence-electron chi connectivity index (χ2n) is 7.82. The number of hydrogen-bond acceptors (Lipinski definition) is 11. The van der Waals surface area contributed by atoms with Gasteiger partial charge in [-0.3, -0.25) is 4.79 Å². The molecule has 2 aliphatic heterocycles. The molecule has 2 aromatic heterocycles. The summed E-state index contributed by atoms with van der Waals surface area (Å²) in [6, 6.07) is 5.30. The summed E-state index contributed by atoms with van der Waals surface area (Å²) in [6.45, 7) is 3.24. The molecule has 0 atom stereocenters. The highest BCUT2D eigenvalue weighted by atomic mass is 35.5. The van der Waals surface area contributed by atoms with Gasteiger partial charge < -0.3 is 14.4 Å². The van der Waals surface area contributed by atoms with Crippen LogP contribution >= 0.6 is 22.9 Å². The molecule has 1 saturated heterocycles. The van der Waals surface area contributed by atoms with Crippen LogP contribution in [0.5, 0.6) is 5.75 Å². The minimum absolute atomic E-state index is 0.0190. The first kappa shape index (κ1) is 21.7. The number of hydrogen-bond donors (Lipinski definition) is 0. The highest BCUT2D eigenvalue weighted by molar-refractivity contribution is 7.18. The minimum atomic E-state index is -0.532. The lowest BCUT2D eigenvalue weighted by atomic mass is 9.82. The Balaban J connectivity index is 1.24. The van der Waals surface area contributed by atoms with E-state index in [0.717, 1.165) is 5.13 Å². The molecule has 13 heteroatoms. The molecule has 0 aliphatic carbocycles. The van der Waals surface area contributed by atoms with Crippen LogP contribution in [0.2, 0.25) is 5.02 Å². The molecule has 2 aliphatic rings. The molecule has 0 saturated carbocycles. The summed E-state index contributed by atoms with van der Waals surface area (Å²) in [5.74, 6) is 0.439. The topological polar surface area (TPSA) is 125 Å². The Morgan fingerprint density at radius 1 is 1.27 bits per heavy atom. The van der Waals surface area contributed by atoms with Crippen LogP contribution in [-0.2, 0) is 16.1 Å². The monoisotopic (exact) mass is 489 g/mol. The number of carbonyl (C=O) groups is 2. The summed E-state index contributed by atoms with van der Waals surface area (Å²) >= 11 is 7.54. The van der Waals surface area contributed by atoms with Gasteiger partial charge in [-0.15, -0.1) is 20.4 Å². The van der Waals surface area contributed by atoms with Crippen molar-refractivity contribution >= 4 is 39.8 Å². The number of carbonyl (C=O) groups excluding carboxylic acids is 2. The van der Waals surface area contributed by atoms with Gasteiger partial charge in [0.05, 0.1) is 23.6 Å². The van der Waals surface area contributed by atoms with Crippen LogP contribution < -0.4 is 9.64 Å². The normalized spacial score (nSPS) is 17.0. The van der Waals surface area contributed by atoms with Gasteiger partial charge in [0.2, 0.25) is 11.0 Å². The van der Waals surface area contributed by atoms with Crippen molar-refractivity contribution in [2.24, 2.45) is 0 Å². The second kappa shape index (κ2) is 8.67. The maximum absolute atomic E-state index is 12.7. The quantitative estimate of drug-likeness (QED) is 0.493. The van der Waals surface area contributed by atoms with Crippen LogP contribution in [-0.4, -0.2) is 67.5 Å². The van der Waals surface area contributed by atoms with Gasteiger partial charge in [0, 0.05) is 25.9 Å². The first-order valence-corrected chi connectivity index (χ1v) is 11.7. The van der Waals surface area contributed by atoms with Crippen LogP contribution in [0.1, 0.15) is 36.5 Å². The molecule has 4 heterocycles. The van der Waals surface area contributed by atoms with Crippen molar-refractivity contribution in [2.75, 3.05) is 24.6 Å². The van der Waals surface area contributed by atoms with Gasteiger partial charge in [0.25, 0.3) is 0 Å². The molecule has 1 fully saturated rings. The van der Waals surface area contributed by atoms with Crippen molar-refractivity contribution in [3.8, 4) is 16.6 Å². The molecular formula is C20H20ClN7O4S. The van der Waals surface area contributed by atoms with Gasteiger partial charge in [-0.1, -0.05) is 29.0 Å². The Bertz CT molecular complexity index is 1200. The van der Waals surface area contributed by atoms with Crippen molar-refractivity contribution < 1.29 is 19.1 Å². The lowest BCUT2D eigenvalue weighted by Crippen LogP contribution is -2.51. The molecule has 5 rings (SSSR count). The van der Waals surface area contributed by atoms with Crippen molar-refractivity contribution in [3.05, 3.63) is 28.8 Å². The van der Waals surface area contributed by atoms with E-state index in [0.29, 0.717) is 59.5 Å². The number of anilines is 1. The maximum atomic E-state index is 12.7. The van der Waals surface area contributed by atoms with Gasteiger partial charge in [0.15, 0.2) is 17.3 Å². The number of esters is 1. The van der Waals surface area contributed by atoms with E-state index in [1.54, 1.807) is 25.1 Å². The zero-order chi connectivity index (χ0) is 23.0. The Labute approximate surface area is 197 Å². The molecule has 11 nitrogen and oxygen atoms in total. The lowest BCUT2D eigenvalue weighted by Gasteiger charge is -2.43. The number of ketones is 1. The van der Waals surface area contributed by atoms with E-state index in [2.05, 4.69) is 30.5 Å². The Morgan fingerprint density at radius 3 is 2.88 bits per heavy atom. The van der Waals surface area contributed by atoms with Crippen molar-refractivity contribution in [2.45, 2.75) is 38.3 Å². The molecule has 0 N–H and O–H groups in total. The van der Waals surface area contributed by atoms with E-state index in [4.69, 9.17) is 21.1 Å². The van der Waals surface area contributed by atoms with Gasteiger partial charge in [-0.25, -0.2) is 4.79 Å². The number of benzene rings is 1. The van der Waals surface area contributed by atoms with Crippen LogP contribution in [0.25, 0.3) is 10.8 Å². The summed E-state index contributed by atoms with van der Waals surface area (Å²) in [5.41, 5.74) is -0.0552. The number of fused-ring (bicyclic) bond motifs is 1. The smallest absolute Gasteiger partial charge is 0.329 e. The minimum Gasteiger partial charge on any atom is -0.486 e. The molecule has 33 heavy (non-hydrogen) atoms. The molecule has 1 aromatic carbocycles. The zero-order valence-corrected chi connectivity index (χ0v) is 19.3. The standard InChI is InChI=1S/C20H20ClN7O4S/c1-2-31-15(30)11-28-25-17(22-26-28)18-23-24-19(33-18)27-8-6-20(7-9-27)10-13(29)16-12(21)4-3-5-14(16)32-20/h3-5H,2,6-11H2,1H3. The molecule has 0 radical (unpaired) electrons. The van der Waals surface area contributed by atoms with Crippen LogP contribution in [0.4, 0.5) is 5.13 Å². The Hall–Kier alpha value is -3.12. The number of rotatable bonds is 5. The molecular weight excluding hydrogens is 470 g/mol. The van der Waals surface area contributed by atoms with E-state index in [-0.39, 0.29) is 18.9 Å². The van der Waals surface area contributed by atoms with Crippen molar-refractivity contribution in [1.82, 2.24) is 30.4 Å². The molecule has 0 amide bonds. The summed E-state index contributed by atoms with van der Waals surface area (Å²) in [4.78, 5) is 27.6. The Morgan fingerprint density at radius 2 is 2.09 bits per heavy atom. The fourth-order valence-corrected chi connectivity index (χ4v) is 5.14. The first-order chi connectivity index (χ1) is 16.0. The van der Waals surface area contributed by atoms with E-state index >= 15 is 0 Å². The summed E-state index contributed by atoms with van der Waals surface area (Å²) in [6.07, 6.45) is 1.66. The SMILES string of the molecule is CCOC(=O)Cn1nnc(-c2nnc(N3CCC4(CC3)CC(=O)c3c(Cl)cccc3O4)s2)n1. The van der Waals surface area contributed by atoms with E-state index in [1.165, 1.54) is 16.1 Å². The van der Waals surface area contributed by atoms with Gasteiger partial charge in [-0.05, 0) is 24.3 Å². The van der Waals surface area contributed by atoms with Crippen molar-refractivity contribution in [1.29, 1.82) is 0 Å². The highest BCUT2D eigenvalue weighted by Crippen LogP contribution is 2.42. The predicted octanol–water partition coefficient (Wildman–Crippen LogP) is 2.41. The number of tetrazole rings is 1. The molecule has 1 spiro atoms. The number of ether oxygens (including phenoxy) is 2. The maximum Gasteiger partial charge on any atom is 0.329 e. The molecule has 3 aromatic rings. The predicted molar refractivity (Wildman–Crippen MR) is 119 cm³/mol. The third-order valence-corrected chi connectivity index (χ3v) is 6.94. The molecule has 172 valence electrons. The Kier molecular flexibility index (Phi) is 5.71. The number of halogens is 1. The van der Waals surface area contributed by atoms with E-state index in [9.17, 15) is 9.59 Å². The van der Waals surface area contributed by atoms with Crippen molar-refractivity contribution in [3.63, 3.8) is 0 Å². The fourth-order valence-electron chi connectivity index (χ4n) is 4.05. The summed E-state index contributed by atoms with van der Waals surface area (Å²) < 4.78 is 11.2. The first-order valence-electron chi connectivity index (χ1n) is 10.5. The van der Waals surface area contributed by atoms with Gasteiger partial charge >= 0.3 is 5.97 Å². The third-order valence-electron chi connectivity index (χ3n) is 5.64. The van der Waals surface area contributed by atoms with Gasteiger partial charge in [0.1, 0.15) is 11.4 Å². The number of aromatic nitrogens is 6. The van der Waals surface area contributed by atoms with E-state index < -0.39 is 11.6 Å². The van der Waals surface area contributed by atoms with Crippen LogP contribution in [0.15, 0.2) is 18.2 Å². The summed E-state index contributed by atoms with van der Waals surface area (Å²) in [7, 11) is 0. The zero-order valence-electron chi connectivity index (χ0n) is 17.7. The fraction of sp³-hybridized carbons (Fsp3) is 0.450. The lowest BCUT2D eigenvalue weighted by molar-refractivity contribution is -0.144. The van der Waals surface area contributed by atoms with Gasteiger partial charge in [-0.2, -0.15) is 4.80 Å². The average Bonchev–Trinajstić information content (AvgIpc) is 3.44. The second-order valence-corrected chi connectivity index (χ2v) is 9.19. The molecule has 0 unspecified atom stereocenters. The van der Waals surface area contributed by atoms with Crippen LogP contribution in [0, 0.1) is 0 Å². The number of piperidine rings is 1. The van der Waals surface area contributed by atoms with E-state index in [1.807, 2.05) is 0 Å². The third kappa shape index (κ3) is 4.27. The number of nitrogens with zero attached hydrogens (tertiary/aromatic N) is 7. The number of Topliss-reactive ketones (excluding diaryl/α,β-unsaturated/α-hetero) is 1. The average molecular weight is 490 g/mol. The largest absolute Gasteiger partial charge is 0.486 e. The molecule has 0 bridgehead atoms. The highest BCUT2D eigenvalue weighted by Gasteiger charge is 2.44. The summed E-state index contributed by atoms with van der Waals surface area (Å²) in [5, 5.41) is 22.1.